The van der Waals surface area contributed by atoms with Gasteiger partial charge in [-0.3, -0.25) is 4.79 Å². The summed E-state index contributed by atoms with van der Waals surface area (Å²) in [4.78, 5) is 22.5. The normalized spacial score (nSPS) is 10.7. The van der Waals surface area contributed by atoms with Gasteiger partial charge in [-0.05, 0) is 44.0 Å². The molecular formula is C17H17N3O2S. The van der Waals surface area contributed by atoms with Crippen LogP contribution in [0, 0.1) is 20.8 Å². The molecule has 0 bridgehead atoms. The summed E-state index contributed by atoms with van der Waals surface area (Å²) in [5, 5.41) is 3.70. The molecule has 2 heterocycles. The van der Waals surface area contributed by atoms with Crippen LogP contribution in [0.3, 0.4) is 0 Å². The number of carbonyl (C=O) groups excluding carboxylic acids is 1. The van der Waals surface area contributed by atoms with Gasteiger partial charge in [0.1, 0.15) is 11.2 Å². The number of nitrogens with zero attached hydrogens (tertiary/aromatic N) is 2. The predicted molar refractivity (Wildman–Crippen MR) is 92.2 cm³/mol. The second kappa shape index (κ2) is 6.34. The first-order valence-corrected chi connectivity index (χ1v) is 8.06. The molecule has 0 radical (unpaired) electrons. The third-order valence-corrected chi connectivity index (χ3v) is 4.69. The molecule has 3 rings (SSSR count). The van der Waals surface area contributed by atoms with E-state index < -0.39 is 0 Å². The van der Waals surface area contributed by atoms with Crippen molar-refractivity contribution in [1.29, 1.82) is 0 Å². The number of benzene rings is 1. The summed E-state index contributed by atoms with van der Waals surface area (Å²) < 4.78 is 5.62. The van der Waals surface area contributed by atoms with E-state index in [-0.39, 0.29) is 12.5 Å². The highest BCUT2D eigenvalue weighted by Crippen LogP contribution is 2.33. The number of thiophene rings is 1. The Hall–Kier alpha value is -2.47. The average molecular weight is 327 g/mol. The van der Waals surface area contributed by atoms with Gasteiger partial charge in [-0.2, -0.15) is 0 Å². The Morgan fingerprint density at radius 1 is 1.26 bits per heavy atom. The molecule has 0 spiro atoms. The molecule has 118 valence electrons. The second-order valence-electron chi connectivity index (χ2n) is 5.35. The van der Waals surface area contributed by atoms with Crippen molar-refractivity contribution in [3.8, 4) is 5.88 Å². The SMILES string of the molecule is Cc1cccc(NC(=O)COc2ncnc3sc(C)c(C)c23)c1. The average Bonchev–Trinajstić information content (AvgIpc) is 2.81. The fourth-order valence-corrected chi connectivity index (χ4v) is 3.30. The summed E-state index contributed by atoms with van der Waals surface area (Å²) in [7, 11) is 0. The third kappa shape index (κ3) is 3.32. The Bertz CT molecular complexity index is 873. The van der Waals surface area contributed by atoms with Gasteiger partial charge in [0.05, 0.1) is 5.39 Å². The van der Waals surface area contributed by atoms with Gasteiger partial charge in [0.25, 0.3) is 5.91 Å². The predicted octanol–water partition coefficient (Wildman–Crippen LogP) is 3.63. The molecule has 1 N–H and O–H groups in total. The van der Waals surface area contributed by atoms with Gasteiger partial charge in [-0.1, -0.05) is 12.1 Å². The lowest BCUT2D eigenvalue weighted by molar-refractivity contribution is -0.118. The Morgan fingerprint density at radius 3 is 2.87 bits per heavy atom. The zero-order valence-electron chi connectivity index (χ0n) is 13.2. The molecule has 0 aliphatic heterocycles. The smallest absolute Gasteiger partial charge is 0.262 e. The zero-order valence-corrected chi connectivity index (χ0v) is 14.0. The van der Waals surface area contributed by atoms with E-state index in [1.165, 1.54) is 11.2 Å². The first kappa shape index (κ1) is 15.4. The Morgan fingerprint density at radius 2 is 2.09 bits per heavy atom. The molecule has 1 aromatic carbocycles. The van der Waals surface area contributed by atoms with Crippen molar-refractivity contribution >= 4 is 33.1 Å². The standard InChI is InChI=1S/C17H17N3O2S/c1-10-5-4-6-13(7-10)20-14(21)8-22-16-15-11(2)12(3)23-17(15)19-9-18-16/h4-7,9H,8H2,1-3H3,(H,20,21). The van der Waals surface area contributed by atoms with Crippen molar-refractivity contribution in [3.05, 3.63) is 46.6 Å². The summed E-state index contributed by atoms with van der Waals surface area (Å²) in [6.07, 6.45) is 1.46. The molecule has 0 saturated heterocycles. The highest BCUT2D eigenvalue weighted by atomic mass is 32.1. The first-order chi connectivity index (χ1) is 11.0. The van der Waals surface area contributed by atoms with Crippen LogP contribution in [0.25, 0.3) is 10.2 Å². The summed E-state index contributed by atoms with van der Waals surface area (Å²) in [6, 6.07) is 7.63. The molecular weight excluding hydrogens is 310 g/mol. The number of fused-ring (bicyclic) bond motifs is 1. The van der Waals surface area contributed by atoms with Gasteiger partial charge < -0.3 is 10.1 Å². The maximum absolute atomic E-state index is 12.0. The van der Waals surface area contributed by atoms with E-state index in [1.807, 2.05) is 45.0 Å². The largest absolute Gasteiger partial charge is 0.467 e. The van der Waals surface area contributed by atoms with Crippen molar-refractivity contribution in [2.75, 3.05) is 11.9 Å². The van der Waals surface area contributed by atoms with Crippen LogP contribution in [-0.2, 0) is 4.79 Å². The molecule has 1 amide bonds. The number of aryl methyl sites for hydroxylation is 3. The number of aromatic nitrogens is 2. The Kier molecular flexibility index (Phi) is 4.25. The summed E-state index contributed by atoms with van der Waals surface area (Å²) in [5.41, 5.74) is 2.94. The number of ether oxygens (including phenoxy) is 1. The monoisotopic (exact) mass is 327 g/mol. The second-order valence-corrected chi connectivity index (χ2v) is 6.55. The molecule has 5 nitrogen and oxygen atoms in total. The van der Waals surface area contributed by atoms with Gasteiger partial charge in [0, 0.05) is 10.6 Å². The van der Waals surface area contributed by atoms with Crippen molar-refractivity contribution in [1.82, 2.24) is 9.97 Å². The quantitative estimate of drug-likeness (QED) is 0.794. The molecule has 0 saturated carbocycles. The maximum atomic E-state index is 12.0. The van der Waals surface area contributed by atoms with E-state index in [2.05, 4.69) is 15.3 Å². The molecule has 2 aromatic heterocycles. The summed E-state index contributed by atoms with van der Waals surface area (Å²) in [6.45, 7) is 5.94. The van der Waals surface area contributed by atoms with E-state index in [1.54, 1.807) is 11.3 Å². The molecule has 0 fully saturated rings. The van der Waals surface area contributed by atoms with Crippen LogP contribution in [-0.4, -0.2) is 22.5 Å². The molecule has 3 aromatic rings. The van der Waals surface area contributed by atoms with Crippen LogP contribution in [0.1, 0.15) is 16.0 Å². The number of nitrogens with one attached hydrogen (secondary N) is 1. The van der Waals surface area contributed by atoms with E-state index in [0.717, 1.165) is 27.0 Å². The topological polar surface area (TPSA) is 64.1 Å². The van der Waals surface area contributed by atoms with Gasteiger partial charge in [0.2, 0.25) is 5.88 Å². The Balaban J connectivity index is 1.72. The van der Waals surface area contributed by atoms with E-state index in [4.69, 9.17) is 4.74 Å². The van der Waals surface area contributed by atoms with Crippen LogP contribution in [0.4, 0.5) is 5.69 Å². The minimum Gasteiger partial charge on any atom is -0.467 e. The van der Waals surface area contributed by atoms with Crippen LogP contribution in [0.2, 0.25) is 0 Å². The maximum Gasteiger partial charge on any atom is 0.262 e. The van der Waals surface area contributed by atoms with Crippen LogP contribution in [0.15, 0.2) is 30.6 Å². The van der Waals surface area contributed by atoms with Crippen molar-refractivity contribution in [2.24, 2.45) is 0 Å². The van der Waals surface area contributed by atoms with E-state index in [9.17, 15) is 4.79 Å². The lowest BCUT2D eigenvalue weighted by atomic mass is 10.2. The van der Waals surface area contributed by atoms with Gasteiger partial charge in [-0.15, -0.1) is 11.3 Å². The van der Waals surface area contributed by atoms with Crippen LogP contribution < -0.4 is 10.1 Å². The number of hydrogen-bond donors (Lipinski definition) is 1. The fourth-order valence-electron chi connectivity index (χ4n) is 2.31. The zero-order chi connectivity index (χ0) is 16.4. The molecule has 0 unspecified atom stereocenters. The molecule has 0 aliphatic rings. The van der Waals surface area contributed by atoms with Crippen molar-refractivity contribution in [3.63, 3.8) is 0 Å². The lowest BCUT2D eigenvalue weighted by Crippen LogP contribution is -2.20. The number of carbonyl (C=O) groups is 1. The number of amides is 1. The minimum absolute atomic E-state index is 0.0889. The van der Waals surface area contributed by atoms with Crippen molar-refractivity contribution in [2.45, 2.75) is 20.8 Å². The van der Waals surface area contributed by atoms with Crippen LogP contribution >= 0.6 is 11.3 Å². The third-order valence-electron chi connectivity index (χ3n) is 3.57. The van der Waals surface area contributed by atoms with E-state index in [0.29, 0.717) is 5.88 Å². The van der Waals surface area contributed by atoms with Gasteiger partial charge >= 0.3 is 0 Å². The minimum atomic E-state index is -0.216. The number of anilines is 1. The Labute approximate surface area is 138 Å². The van der Waals surface area contributed by atoms with Gasteiger partial charge in [0.15, 0.2) is 6.61 Å². The fraction of sp³-hybridized carbons (Fsp3) is 0.235. The van der Waals surface area contributed by atoms with Crippen LogP contribution in [0.5, 0.6) is 5.88 Å². The highest BCUT2D eigenvalue weighted by molar-refractivity contribution is 7.18. The van der Waals surface area contributed by atoms with E-state index >= 15 is 0 Å². The highest BCUT2D eigenvalue weighted by Gasteiger charge is 2.14. The summed E-state index contributed by atoms with van der Waals surface area (Å²) in [5.74, 6) is 0.239. The lowest BCUT2D eigenvalue weighted by Gasteiger charge is -2.08. The first-order valence-electron chi connectivity index (χ1n) is 7.24. The van der Waals surface area contributed by atoms with Crippen molar-refractivity contribution < 1.29 is 9.53 Å². The number of rotatable bonds is 4. The molecule has 6 heteroatoms. The van der Waals surface area contributed by atoms with Gasteiger partial charge in [-0.25, -0.2) is 9.97 Å². The summed E-state index contributed by atoms with van der Waals surface area (Å²) >= 11 is 1.60. The molecule has 23 heavy (non-hydrogen) atoms. The number of hydrogen-bond acceptors (Lipinski definition) is 5. The molecule has 0 atom stereocenters. The molecule has 0 aliphatic carbocycles.